The highest BCUT2D eigenvalue weighted by molar-refractivity contribution is 14.0. The highest BCUT2D eigenvalue weighted by atomic mass is 127. The van der Waals surface area contributed by atoms with Crippen LogP contribution in [0.1, 0.15) is 49.3 Å². The van der Waals surface area contributed by atoms with Crippen LogP contribution in [0.5, 0.6) is 5.75 Å². The third-order valence-corrected chi connectivity index (χ3v) is 5.97. The molecule has 2 N–H and O–H groups in total. The fourth-order valence-electron chi connectivity index (χ4n) is 4.43. The molecule has 1 aliphatic carbocycles. The summed E-state index contributed by atoms with van der Waals surface area (Å²) >= 11 is 0. The highest BCUT2D eigenvalue weighted by Crippen LogP contribution is 2.46. The molecule has 0 bridgehead atoms. The topological polar surface area (TPSA) is 61.8 Å². The van der Waals surface area contributed by atoms with Crippen molar-refractivity contribution in [2.75, 3.05) is 26.0 Å². The van der Waals surface area contributed by atoms with Crippen LogP contribution in [0.15, 0.2) is 47.6 Å². The van der Waals surface area contributed by atoms with Crippen molar-refractivity contribution < 1.29 is 4.74 Å². The van der Waals surface area contributed by atoms with E-state index in [0.29, 0.717) is 6.54 Å². The van der Waals surface area contributed by atoms with Gasteiger partial charge in [-0.25, -0.2) is 4.98 Å². The molecule has 6 nitrogen and oxygen atoms in total. The maximum Gasteiger partial charge on any atom is 0.191 e. The van der Waals surface area contributed by atoms with Gasteiger partial charge in [0.25, 0.3) is 0 Å². The van der Waals surface area contributed by atoms with E-state index in [2.05, 4.69) is 50.9 Å². The minimum Gasteiger partial charge on any atom is -0.487 e. The molecule has 30 heavy (non-hydrogen) atoms. The van der Waals surface area contributed by atoms with Crippen LogP contribution in [0.3, 0.4) is 0 Å². The number of halogens is 1. The number of rotatable bonds is 4. The van der Waals surface area contributed by atoms with Crippen LogP contribution in [-0.4, -0.2) is 37.7 Å². The lowest BCUT2D eigenvalue weighted by molar-refractivity contribution is 0.0396. The summed E-state index contributed by atoms with van der Waals surface area (Å²) in [6, 6.07) is 12.7. The van der Waals surface area contributed by atoms with Crippen LogP contribution in [0.25, 0.3) is 0 Å². The standard InChI is InChI=1S/C23H31N5O.HI/c1-24-22(26-16-17-10-13-25-21(14-17)28(2)3)27-19-15-23(11-6-7-12-23)29-20-9-5-4-8-18(19)20;/h4-5,8-10,13-14,19H,6-7,11-12,15-16H2,1-3H3,(H2,24,26,27);1H. The Bertz CT molecular complexity index is 879. The molecule has 1 aliphatic heterocycles. The zero-order valence-corrected chi connectivity index (χ0v) is 20.3. The molecule has 1 unspecified atom stereocenters. The van der Waals surface area contributed by atoms with Crippen molar-refractivity contribution in [3.8, 4) is 5.75 Å². The number of guanidine groups is 1. The Kier molecular flexibility index (Phi) is 7.44. The van der Waals surface area contributed by atoms with E-state index in [-0.39, 0.29) is 35.6 Å². The van der Waals surface area contributed by atoms with Crippen molar-refractivity contribution >= 4 is 35.8 Å². The SMILES string of the molecule is CN=C(NCc1ccnc(N(C)C)c1)NC1CC2(CCCC2)Oc2ccccc21.I. The van der Waals surface area contributed by atoms with Gasteiger partial charge >= 0.3 is 0 Å². The van der Waals surface area contributed by atoms with Crippen molar-refractivity contribution in [1.82, 2.24) is 15.6 Å². The van der Waals surface area contributed by atoms with E-state index in [0.717, 1.165) is 36.8 Å². The van der Waals surface area contributed by atoms with Gasteiger partial charge in [0.1, 0.15) is 17.2 Å². The lowest BCUT2D eigenvalue weighted by Crippen LogP contribution is -2.46. The molecule has 1 saturated carbocycles. The first-order valence-corrected chi connectivity index (χ1v) is 10.5. The molecule has 0 radical (unpaired) electrons. The number of hydrogen-bond donors (Lipinski definition) is 2. The van der Waals surface area contributed by atoms with Gasteiger partial charge in [-0.2, -0.15) is 0 Å². The molecule has 1 fully saturated rings. The molecule has 2 aromatic rings. The lowest BCUT2D eigenvalue weighted by Gasteiger charge is -2.40. The van der Waals surface area contributed by atoms with E-state index in [1.54, 1.807) is 0 Å². The molecular formula is C23H32IN5O. The number of hydrogen-bond acceptors (Lipinski definition) is 4. The molecule has 0 saturated heterocycles. The second kappa shape index (κ2) is 9.85. The van der Waals surface area contributed by atoms with Crippen LogP contribution in [-0.2, 0) is 6.54 Å². The van der Waals surface area contributed by atoms with Gasteiger partial charge in [0.2, 0.25) is 0 Å². The fourth-order valence-corrected chi connectivity index (χ4v) is 4.43. The molecule has 0 amide bonds. The van der Waals surface area contributed by atoms with E-state index in [1.807, 2.05) is 38.3 Å². The monoisotopic (exact) mass is 521 g/mol. The van der Waals surface area contributed by atoms with Crippen LogP contribution in [0.4, 0.5) is 5.82 Å². The third kappa shape index (κ3) is 4.99. The van der Waals surface area contributed by atoms with Crippen LogP contribution in [0, 0.1) is 0 Å². The number of nitrogens with zero attached hydrogens (tertiary/aromatic N) is 3. The summed E-state index contributed by atoms with van der Waals surface area (Å²) in [5.41, 5.74) is 2.36. The molecule has 7 heteroatoms. The first-order chi connectivity index (χ1) is 14.1. The van der Waals surface area contributed by atoms with Crippen LogP contribution in [0.2, 0.25) is 0 Å². The third-order valence-electron chi connectivity index (χ3n) is 5.97. The Hall–Kier alpha value is -2.03. The second-order valence-electron chi connectivity index (χ2n) is 8.27. The maximum absolute atomic E-state index is 6.48. The maximum atomic E-state index is 6.48. The molecule has 2 heterocycles. The van der Waals surface area contributed by atoms with E-state index < -0.39 is 0 Å². The summed E-state index contributed by atoms with van der Waals surface area (Å²) in [6.45, 7) is 0.693. The van der Waals surface area contributed by atoms with Crippen molar-refractivity contribution in [2.24, 2.45) is 4.99 Å². The Morgan fingerprint density at radius 1 is 1.23 bits per heavy atom. The van der Waals surface area contributed by atoms with Crippen molar-refractivity contribution in [3.05, 3.63) is 53.7 Å². The van der Waals surface area contributed by atoms with Gasteiger partial charge in [-0.05, 0) is 49.4 Å². The molecule has 1 aromatic carbocycles. The smallest absolute Gasteiger partial charge is 0.191 e. The number of aliphatic imine (C=N–C) groups is 1. The van der Waals surface area contributed by atoms with Gasteiger partial charge in [-0.3, -0.25) is 4.99 Å². The van der Waals surface area contributed by atoms with E-state index in [4.69, 9.17) is 4.74 Å². The van der Waals surface area contributed by atoms with Crippen molar-refractivity contribution in [3.63, 3.8) is 0 Å². The Labute approximate surface area is 196 Å². The summed E-state index contributed by atoms with van der Waals surface area (Å²) in [4.78, 5) is 10.9. The van der Waals surface area contributed by atoms with Gasteiger partial charge in [-0.1, -0.05) is 18.2 Å². The van der Waals surface area contributed by atoms with Gasteiger partial charge in [-0.15, -0.1) is 24.0 Å². The van der Waals surface area contributed by atoms with E-state index in [1.165, 1.54) is 24.0 Å². The molecule has 2 aliphatic rings. The average molecular weight is 521 g/mol. The van der Waals surface area contributed by atoms with Crippen molar-refractivity contribution in [2.45, 2.75) is 50.3 Å². The number of pyridine rings is 1. The number of ether oxygens (including phenoxy) is 1. The molecule has 1 atom stereocenters. The number of aromatic nitrogens is 1. The summed E-state index contributed by atoms with van der Waals surface area (Å²) in [6.07, 6.45) is 7.59. The van der Waals surface area contributed by atoms with E-state index >= 15 is 0 Å². The van der Waals surface area contributed by atoms with Crippen LogP contribution < -0.4 is 20.3 Å². The Balaban J connectivity index is 0.00000256. The molecular weight excluding hydrogens is 489 g/mol. The molecule has 162 valence electrons. The number of fused-ring (bicyclic) bond motifs is 1. The van der Waals surface area contributed by atoms with Gasteiger partial charge in [0, 0.05) is 45.9 Å². The summed E-state index contributed by atoms with van der Waals surface area (Å²) in [5.74, 6) is 2.77. The normalized spacial score (nSPS) is 19.4. The van der Waals surface area contributed by atoms with E-state index in [9.17, 15) is 0 Å². The quantitative estimate of drug-likeness (QED) is 0.358. The Morgan fingerprint density at radius 3 is 2.73 bits per heavy atom. The summed E-state index contributed by atoms with van der Waals surface area (Å²) < 4.78 is 6.48. The zero-order valence-electron chi connectivity index (χ0n) is 18.0. The molecule has 1 spiro atoms. The first kappa shape index (κ1) is 22.7. The fraction of sp³-hybridized carbons (Fsp3) is 0.478. The number of nitrogens with one attached hydrogen (secondary N) is 2. The molecule has 4 rings (SSSR count). The average Bonchev–Trinajstić information content (AvgIpc) is 3.18. The zero-order chi connectivity index (χ0) is 20.3. The van der Waals surface area contributed by atoms with Gasteiger partial charge < -0.3 is 20.3 Å². The van der Waals surface area contributed by atoms with Gasteiger partial charge in [0.15, 0.2) is 5.96 Å². The van der Waals surface area contributed by atoms with Crippen LogP contribution >= 0.6 is 24.0 Å². The summed E-state index contributed by atoms with van der Waals surface area (Å²) in [7, 11) is 5.83. The van der Waals surface area contributed by atoms with Crippen molar-refractivity contribution in [1.29, 1.82) is 0 Å². The molecule has 1 aromatic heterocycles. The predicted octanol–water partition coefficient (Wildman–Crippen LogP) is 4.27. The lowest BCUT2D eigenvalue weighted by atomic mass is 9.86. The largest absolute Gasteiger partial charge is 0.487 e. The minimum atomic E-state index is -0.0312. The second-order valence-corrected chi connectivity index (χ2v) is 8.27. The highest BCUT2D eigenvalue weighted by Gasteiger charge is 2.43. The number of anilines is 1. The summed E-state index contributed by atoms with van der Waals surface area (Å²) in [5, 5.41) is 7.11. The first-order valence-electron chi connectivity index (χ1n) is 10.5. The number of para-hydroxylation sites is 1. The predicted molar refractivity (Wildman–Crippen MR) is 133 cm³/mol. The number of benzene rings is 1. The Morgan fingerprint density at radius 2 is 2.00 bits per heavy atom. The minimum absolute atomic E-state index is 0. The van der Waals surface area contributed by atoms with Gasteiger partial charge in [0.05, 0.1) is 6.04 Å².